The summed E-state index contributed by atoms with van der Waals surface area (Å²) in [6.07, 6.45) is 4.24. The molecule has 0 radical (unpaired) electrons. The Balaban J connectivity index is 1.39. The summed E-state index contributed by atoms with van der Waals surface area (Å²) < 4.78 is 0. The summed E-state index contributed by atoms with van der Waals surface area (Å²) in [4.78, 5) is 42.4. The molecule has 3 unspecified atom stereocenters. The monoisotopic (exact) mass is 501 g/mol. The molecule has 3 aromatic rings. The van der Waals surface area contributed by atoms with Gasteiger partial charge in [-0.25, -0.2) is 15.0 Å². The van der Waals surface area contributed by atoms with Gasteiger partial charge in [-0.15, -0.1) is 0 Å². The van der Waals surface area contributed by atoms with Gasteiger partial charge in [0.05, 0.1) is 12.2 Å². The van der Waals surface area contributed by atoms with Crippen LogP contribution in [0.4, 0.5) is 17.5 Å². The number of amides is 2. The van der Waals surface area contributed by atoms with Gasteiger partial charge in [0.2, 0.25) is 17.8 Å². The highest BCUT2D eigenvalue weighted by atomic mass is 16.2. The molecule has 3 atom stereocenters. The maximum absolute atomic E-state index is 12.5. The largest absolute Gasteiger partial charge is 0.370 e. The third kappa shape index (κ3) is 6.38. The van der Waals surface area contributed by atoms with E-state index in [4.69, 9.17) is 5.73 Å². The van der Waals surface area contributed by atoms with Crippen molar-refractivity contribution in [1.82, 2.24) is 30.1 Å². The van der Waals surface area contributed by atoms with Crippen LogP contribution in [0, 0.1) is 0 Å². The quantitative estimate of drug-likeness (QED) is 0.387. The van der Waals surface area contributed by atoms with Gasteiger partial charge < -0.3 is 21.7 Å². The molecule has 5 aliphatic heterocycles. The van der Waals surface area contributed by atoms with Crippen molar-refractivity contribution in [3.63, 3.8) is 0 Å². The van der Waals surface area contributed by atoms with Gasteiger partial charge >= 0.3 is 0 Å². The lowest BCUT2D eigenvalue weighted by Gasteiger charge is -2.39. The third-order valence-corrected chi connectivity index (χ3v) is 6.54. The van der Waals surface area contributed by atoms with Gasteiger partial charge in [0.15, 0.2) is 0 Å². The van der Waals surface area contributed by atoms with Crippen LogP contribution in [0.3, 0.4) is 0 Å². The Bertz CT molecular complexity index is 1250. The molecule has 8 rings (SSSR count). The van der Waals surface area contributed by atoms with Gasteiger partial charge in [-0.2, -0.15) is 0 Å². The molecule has 7 heterocycles. The molecule has 2 aromatic heterocycles. The van der Waals surface area contributed by atoms with Crippen LogP contribution in [-0.2, 0) is 16.1 Å². The smallest absolute Gasteiger partial charge is 0.236 e. The number of rotatable bonds is 1. The molecule has 0 spiro atoms. The van der Waals surface area contributed by atoms with E-state index in [9.17, 15) is 9.59 Å². The maximum Gasteiger partial charge on any atom is 0.236 e. The fourth-order valence-electron chi connectivity index (χ4n) is 4.62. The molecule has 0 saturated carbocycles. The summed E-state index contributed by atoms with van der Waals surface area (Å²) in [5.41, 5.74) is 9.33. The van der Waals surface area contributed by atoms with Crippen LogP contribution in [0.5, 0.6) is 0 Å². The molecule has 1 saturated heterocycles. The summed E-state index contributed by atoms with van der Waals surface area (Å²) in [7, 11) is 0. The van der Waals surface area contributed by atoms with Crippen LogP contribution in [-0.4, -0.2) is 81.9 Å². The molecule has 5 N–H and O–H groups in total. The van der Waals surface area contributed by atoms with Gasteiger partial charge in [0, 0.05) is 62.9 Å². The average molecular weight is 502 g/mol. The number of benzene rings is 1. The first kappa shape index (κ1) is 24.6. The normalized spacial score (nSPS) is 22.4. The van der Waals surface area contributed by atoms with Gasteiger partial charge in [0.25, 0.3) is 0 Å². The Morgan fingerprint density at radius 2 is 1.92 bits per heavy atom. The summed E-state index contributed by atoms with van der Waals surface area (Å²) in [5.74, 6) is 0.718. The second kappa shape index (κ2) is 11.3. The zero-order valence-electron chi connectivity index (χ0n) is 20.6. The van der Waals surface area contributed by atoms with Crippen LogP contribution in [0.25, 0.3) is 11.3 Å². The highest BCUT2D eigenvalue weighted by molar-refractivity contribution is 5.82. The molecular formula is C26H31N9O2. The van der Waals surface area contributed by atoms with Crippen molar-refractivity contribution in [2.24, 2.45) is 5.73 Å². The highest BCUT2D eigenvalue weighted by Gasteiger charge is 2.32. The molecule has 0 aliphatic carbocycles. The highest BCUT2D eigenvalue weighted by Crippen LogP contribution is 2.22. The van der Waals surface area contributed by atoms with Crippen LogP contribution < -0.4 is 21.7 Å². The standard InChI is InChI=1S/C26H31N9O2/c27-25(37)22-16-34-11-12-35(22)17-24(36)29-9-2-8-28-23-6-5-19(14-31-23)21-7-10-30-26(33-21)32-20-4-1-3-18(13-20)15-34/h1,3-7,10,13-14,22H,2,8-9,11-12,15-17H2,(H2,27,37)(H,28,31)(H,29,36)(H,30,32,33). The number of pyridine rings is 1. The number of nitrogens with zero attached hydrogens (tertiary/aromatic N) is 5. The van der Waals surface area contributed by atoms with E-state index in [0.29, 0.717) is 38.7 Å². The lowest BCUT2D eigenvalue weighted by atomic mass is 10.1. The predicted octanol–water partition coefficient (Wildman–Crippen LogP) is 1.19. The van der Waals surface area contributed by atoms with Crippen molar-refractivity contribution in [3.05, 3.63) is 60.4 Å². The molecule has 5 aliphatic rings. The second-order valence-corrected chi connectivity index (χ2v) is 9.28. The van der Waals surface area contributed by atoms with Crippen molar-refractivity contribution in [2.45, 2.75) is 19.0 Å². The van der Waals surface area contributed by atoms with Crippen molar-refractivity contribution in [2.75, 3.05) is 49.9 Å². The second-order valence-electron chi connectivity index (χ2n) is 9.28. The number of carbonyl (C=O) groups excluding carboxylic acids is 2. The fourth-order valence-corrected chi connectivity index (χ4v) is 4.62. The van der Waals surface area contributed by atoms with E-state index in [1.807, 2.05) is 47.4 Å². The van der Waals surface area contributed by atoms with Gasteiger partial charge in [0.1, 0.15) is 11.9 Å². The van der Waals surface area contributed by atoms with E-state index in [0.717, 1.165) is 41.3 Å². The number of nitrogens with one attached hydrogen (secondary N) is 3. The Hall–Kier alpha value is -4.09. The Morgan fingerprint density at radius 3 is 2.76 bits per heavy atom. The molecule has 37 heavy (non-hydrogen) atoms. The van der Waals surface area contributed by atoms with E-state index in [1.165, 1.54) is 0 Å². The number of hydrogen-bond donors (Lipinski definition) is 4. The van der Waals surface area contributed by atoms with Gasteiger partial charge in [-0.3, -0.25) is 19.4 Å². The van der Waals surface area contributed by atoms with Crippen LogP contribution >= 0.6 is 0 Å². The molecule has 11 nitrogen and oxygen atoms in total. The summed E-state index contributed by atoms with van der Waals surface area (Å²) >= 11 is 0. The molecular weight excluding hydrogens is 470 g/mol. The van der Waals surface area contributed by atoms with Crippen molar-refractivity contribution in [1.29, 1.82) is 0 Å². The van der Waals surface area contributed by atoms with Crippen LogP contribution in [0.15, 0.2) is 54.9 Å². The molecule has 192 valence electrons. The van der Waals surface area contributed by atoms with E-state index in [1.54, 1.807) is 12.4 Å². The topological polar surface area (TPSA) is 141 Å². The number of carbonyl (C=O) groups is 2. The zero-order valence-corrected chi connectivity index (χ0v) is 20.6. The van der Waals surface area contributed by atoms with Crippen LogP contribution in [0.2, 0.25) is 0 Å². The van der Waals surface area contributed by atoms with E-state index in [-0.39, 0.29) is 12.5 Å². The lowest BCUT2D eigenvalue weighted by Crippen LogP contribution is -2.59. The third-order valence-electron chi connectivity index (χ3n) is 6.54. The van der Waals surface area contributed by atoms with Crippen molar-refractivity contribution < 1.29 is 9.59 Å². The van der Waals surface area contributed by atoms with Crippen molar-refractivity contribution >= 4 is 29.3 Å². The first-order chi connectivity index (χ1) is 18.0. The van der Waals surface area contributed by atoms with Gasteiger partial charge in [-0.05, 0) is 42.3 Å². The molecule has 11 heteroatoms. The fraction of sp³-hybridized carbons (Fsp3) is 0.346. The first-order valence-electron chi connectivity index (χ1n) is 12.5. The van der Waals surface area contributed by atoms with Crippen LogP contribution in [0.1, 0.15) is 12.0 Å². The van der Waals surface area contributed by atoms with E-state index >= 15 is 0 Å². The van der Waals surface area contributed by atoms with E-state index in [2.05, 4.69) is 35.8 Å². The number of anilines is 3. The minimum absolute atomic E-state index is 0.109. The Kier molecular flexibility index (Phi) is 7.52. The minimum atomic E-state index is -0.519. The predicted molar refractivity (Wildman–Crippen MR) is 141 cm³/mol. The summed E-state index contributed by atoms with van der Waals surface area (Å²) in [6, 6.07) is 13.2. The zero-order chi connectivity index (χ0) is 25.6. The molecule has 1 aromatic carbocycles. The molecule has 1 fully saturated rings. The van der Waals surface area contributed by atoms with E-state index < -0.39 is 11.9 Å². The summed E-state index contributed by atoms with van der Waals surface area (Å²) in [6.45, 7) is 3.78. The average Bonchev–Trinajstić information content (AvgIpc) is 2.89. The maximum atomic E-state index is 12.5. The van der Waals surface area contributed by atoms with Crippen molar-refractivity contribution in [3.8, 4) is 11.3 Å². The Morgan fingerprint density at radius 1 is 1.03 bits per heavy atom. The molecule has 8 bridgehead atoms. The SMILES string of the molecule is NC(=O)C1CN2CCN1CC(=O)NCCCNc1ccc(cn1)-c1ccnc(n1)Nc1cccc(c1)C2. The lowest BCUT2D eigenvalue weighted by molar-refractivity contribution is -0.129. The van der Waals surface area contributed by atoms with Gasteiger partial charge in [-0.1, -0.05) is 12.1 Å². The summed E-state index contributed by atoms with van der Waals surface area (Å²) in [5, 5.41) is 9.51. The number of primary amides is 1. The number of aromatic nitrogens is 3. The molecule has 2 amide bonds. The minimum Gasteiger partial charge on any atom is -0.370 e. The number of piperazine rings is 1. The first-order valence-corrected chi connectivity index (χ1v) is 12.5. The number of hydrogen-bond acceptors (Lipinski definition) is 9. The Labute approximate surface area is 215 Å². The number of nitrogens with two attached hydrogens (primary N) is 1.